The van der Waals surface area contributed by atoms with E-state index in [9.17, 15) is 51.1 Å². The highest BCUT2D eigenvalue weighted by atomic mass is 16.4. The van der Waals surface area contributed by atoms with Crippen LogP contribution in [0.5, 0.6) is 57.5 Å². The Morgan fingerprint density at radius 2 is 0.733 bits per heavy atom. The van der Waals surface area contributed by atoms with Gasteiger partial charge in [0.2, 0.25) is 34.5 Å². The fourth-order valence-corrected chi connectivity index (χ4v) is 3.52. The number of phenolic OH excluding ortho intramolecular Hbond substituents is 10. The quantitative estimate of drug-likeness (QED) is 0.234. The maximum absolute atomic E-state index is 10.4. The van der Waals surface area contributed by atoms with Crippen LogP contribution in [0, 0.1) is 0 Å². The van der Waals surface area contributed by atoms with Crippen molar-refractivity contribution in [3.05, 3.63) is 11.1 Å². The van der Waals surface area contributed by atoms with E-state index in [1.54, 1.807) is 0 Å². The molecular weight excluding hydrogens is 404 g/mol. The Bertz CT molecular complexity index is 874. The van der Waals surface area contributed by atoms with Crippen LogP contribution in [0.4, 0.5) is 0 Å². The third-order valence-electron chi connectivity index (χ3n) is 5.26. The Morgan fingerprint density at radius 3 is 1.03 bits per heavy atom. The minimum absolute atomic E-state index is 0.226. The Balaban J connectivity index is 2.37. The summed E-state index contributed by atoms with van der Waals surface area (Å²) in [4.78, 5) is 3.44. The number of piperazine rings is 1. The SMILES string of the molecule is CN1CCN(C(c2c(O)c(O)c(O)c(O)c2O)c2c(O)c(O)c(O)c(O)c2O)CC1. The molecule has 12 nitrogen and oxygen atoms in total. The van der Waals surface area contributed by atoms with E-state index in [1.807, 2.05) is 11.9 Å². The molecule has 164 valence electrons. The van der Waals surface area contributed by atoms with Gasteiger partial charge in [0.05, 0.1) is 17.2 Å². The van der Waals surface area contributed by atoms with Crippen molar-refractivity contribution >= 4 is 0 Å². The molecule has 0 aromatic heterocycles. The van der Waals surface area contributed by atoms with Gasteiger partial charge in [-0.1, -0.05) is 0 Å². The molecule has 0 aliphatic carbocycles. The lowest BCUT2D eigenvalue weighted by molar-refractivity contribution is 0.121. The highest BCUT2D eigenvalue weighted by molar-refractivity contribution is 5.73. The Hall–Kier alpha value is -3.64. The second-order valence-corrected chi connectivity index (χ2v) is 7.06. The molecule has 12 heteroatoms. The average molecular weight is 426 g/mol. The van der Waals surface area contributed by atoms with Crippen LogP contribution in [0.2, 0.25) is 0 Å². The molecule has 2 aromatic rings. The van der Waals surface area contributed by atoms with Crippen molar-refractivity contribution in [2.24, 2.45) is 0 Å². The molecule has 0 unspecified atom stereocenters. The summed E-state index contributed by atoms with van der Waals surface area (Å²) in [7, 11) is 1.83. The van der Waals surface area contributed by atoms with Crippen LogP contribution in [0.1, 0.15) is 17.2 Å². The molecule has 0 spiro atoms. The molecule has 0 amide bonds. The van der Waals surface area contributed by atoms with Crippen LogP contribution in [0.3, 0.4) is 0 Å². The molecule has 0 atom stereocenters. The number of aromatic hydroxyl groups is 10. The van der Waals surface area contributed by atoms with Gasteiger partial charge in [-0.05, 0) is 7.05 Å². The van der Waals surface area contributed by atoms with E-state index >= 15 is 0 Å². The summed E-state index contributed by atoms with van der Waals surface area (Å²) < 4.78 is 0. The monoisotopic (exact) mass is 426 g/mol. The first-order chi connectivity index (χ1) is 14.0. The van der Waals surface area contributed by atoms with Gasteiger partial charge in [-0.25, -0.2) is 0 Å². The molecule has 1 fully saturated rings. The van der Waals surface area contributed by atoms with Crippen molar-refractivity contribution in [3.63, 3.8) is 0 Å². The van der Waals surface area contributed by atoms with E-state index in [4.69, 9.17) is 0 Å². The summed E-state index contributed by atoms with van der Waals surface area (Å²) in [5.41, 5.74) is -1.25. The van der Waals surface area contributed by atoms with Crippen molar-refractivity contribution in [1.29, 1.82) is 0 Å². The summed E-state index contributed by atoms with van der Waals surface area (Å²) in [6, 6.07) is -1.53. The molecule has 1 aliphatic heterocycles. The fraction of sp³-hybridized carbons (Fsp3) is 0.333. The van der Waals surface area contributed by atoms with Crippen molar-refractivity contribution in [2.75, 3.05) is 33.2 Å². The van der Waals surface area contributed by atoms with E-state index in [2.05, 4.69) is 0 Å². The summed E-state index contributed by atoms with van der Waals surface area (Å²) in [5, 5.41) is 101. The summed E-state index contributed by atoms with van der Waals surface area (Å²) in [6.07, 6.45) is 0. The van der Waals surface area contributed by atoms with Crippen molar-refractivity contribution < 1.29 is 51.1 Å². The normalized spacial score (nSPS) is 15.7. The molecule has 2 aromatic carbocycles. The van der Waals surface area contributed by atoms with E-state index < -0.39 is 74.7 Å². The Labute approximate surface area is 169 Å². The number of phenols is 10. The molecule has 1 aliphatic rings. The first-order valence-electron chi connectivity index (χ1n) is 8.78. The lowest BCUT2D eigenvalue weighted by atomic mass is 9.91. The van der Waals surface area contributed by atoms with Gasteiger partial charge in [0.25, 0.3) is 0 Å². The number of likely N-dealkylation sites (N-methyl/N-ethyl adjacent to an activating group) is 1. The van der Waals surface area contributed by atoms with E-state index in [0.717, 1.165) is 0 Å². The third kappa shape index (κ3) is 3.02. The predicted molar refractivity (Wildman–Crippen MR) is 100 cm³/mol. The van der Waals surface area contributed by atoms with Gasteiger partial charge < -0.3 is 56.0 Å². The zero-order chi connectivity index (χ0) is 22.5. The van der Waals surface area contributed by atoms with E-state index in [-0.39, 0.29) is 13.1 Å². The average Bonchev–Trinajstić information content (AvgIpc) is 2.73. The molecule has 1 saturated heterocycles. The standard InChI is InChI=1S/C18H22N2O10/c1-19-2-4-20(5-3-19)8(6-9(21)13(25)17(29)14(26)10(6)22)7-11(23)15(27)18(30)16(28)12(7)24/h8,21-30H,2-5H2,1H3. The Kier molecular flexibility index (Phi) is 5.14. The third-order valence-corrected chi connectivity index (χ3v) is 5.26. The van der Waals surface area contributed by atoms with Crippen molar-refractivity contribution in [2.45, 2.75) is 6.04 Å². The van der Waals surface area contributed by atoms with Gasteiger partial charge in [0, 0.05) is 26.2 Å². The second-order valence-electron chi connectivity index (χ2n) is 7.06. The number of hydrogen-bond donors (Lipinski definition) is 10. The molecule has 0 radical (unpaired) electrons. The van der Waals surface area contributed by atoms with Gasteiger partial charge in [-0.15, -0.1) is 0 Å². The second kappa shape index (κ2) is 7.31. The maximum atomic E-state index is 10.4. The van der Waals surface area contributed by atoms with Gasteiger partial charge in [-0.3, -0.25) is 4.90 Å². The molecule has 0 bridgehead atoms. The largest absolute Gasteiger partial charge is 0.504 e. The topological polar surface area (TPSA) is 209 Å². The molecule has 3 rings (SSSR count). The van der Waals surface area contributed by atoms with Crippen LogP contribution >= 0.6 is 0 Å². The van der Waals surface area contributed by atoms with E-state index in [1.165, 1.54) is 4.90 Å². The number of benzene rings is 2. The number of hydrogen-bond acceptors (Lipinski definition) is 12. The fourth-order valence-electron chi connectivity index (χ4n) is 3.52. The lowest BCUT2D eigenvalue weighted by Gasteiger charge is -2.39. The summed E-state index contributed by atoms with van der Waals surface area (Å²) >= 11 is 0. The molecule has 0 saturated carbocycles. The minimum Gasteiger partial charge on any atom is -0.504 e. The number of nitrogens with zero attached hydrogens (tertiary/aromatic N) is 2. The first-order valence-corrected chi connectivity index (χ1v) is 8.78. The van der Waals surface area contributed by atoms with Crippen LogP contribution in [0.15, 0.2) is 0 Å². The summed E-state index contributed by atoms with van der Waals surface area (Å²) in [5.74, 6) is -11.4. The Morgan fingerprint density at radius 1 is 0.467 bits per heavy atom. The lowest BCUT2D eigenvalue weighted by Crippen LogP contribution is -2.46. The minimum atomic E-state index is -1.53. The zero-order valence-corrected chi connectivity index (χ0v) is 15.8. The van der Waals surface area contributed by atoms with Crippen LogP contribution < -0.4 is 0 Å². The highest BCUT2D eigenvalue weighted by Crippen LogP contribution is 2.60. The van der Waals surface area contributed by atoms with Gasteiger partial charge >= 0.3 is 0 Å². The van der Waals surface area contributed by atoms with Gasteiger partial charge in [-0.2, -0.15) is 0 Å². The molecular formula is C18H22N2O10. The maximum Gasteiger partial charge on any atom is 0.208 e. The zero-order valence-electron chi connectivity index (χ0n) is 15.8. The highest BCUT2D eigenvalue weighted by Gasteiger charge is 2.39. The smallest absolute Gasteiger partial charge is 0.208 e. The van der Waals surface area contributed by atoms with Crippen LogP contribution in [0.25, 0.3) is 0 Å². The van der Waals surface area contributed by atoms with E-state index in [0.29, 0.717) is 13.1 Å². The molecule has 10 N–H and O–H groups in total. The van der Waals surface area contributed by atoms with Gasteiger partial charge in [0.15, 0.2) is 23.0 Å². The summed E-state index contributed by atoms with van der Waals surface area (Å²) in [6.45, 7) is 1.38. The number of rotatable bonds is 3. The molecule has 30 heavy (non-hydrogen) atoms. The van der Waals surface area contributed by atoms with Crippen molar-refractivity contribution in [3.8, 4) is 57.5 Å². The van der Waals surface area contributed by atoms with Crippen molar-refractivity contribution in [1.82, 2.24) is 9.80 Å². The van der Waals surface area contributed by atoms with Crippen LogP contribution in [-0.4, -0.2) is 94.1 Å². The predicted octanol–water partition coefficient (Wildman–Crippen LogP) is 0.0794. The van der Waals surface area contributed by atoms with Crippen LogP contribution in [-0.2, 0) is 0 Å². The first kappa shape index (κ1) is 21.1. The van der Waals surface area contributed by atoms with Gasteiger partial charge in [0.1, 0.15) is 0 Å². The molecule has 1 heterocycles.